The Labute approximate surface area is 89.3 Å². The number of nitrogens with two attached hydrogens (primary N) is 1. The van der Waals surface area contributed by atoms with Crippen molar-refractivity contribution in [3.05, 3.63) is 35.4 Å². The van der Waals surface area contributed by atoms with Crippen molar-refractivity contribution in [1.29, 1.82) is 0 Å². The van der Waals surface area contributed by atoms with E-state index in [2.05, 4.69) is 0 Å². The number of hydrogen-bond donors (Lipinski definition) is 1. The number of benzene rings is 1. The van der Waals surface area contributed by atoms with E-state index in [1.54, 1.807) is 0 Å². The molecule has 0 aliphatic rings. The van der Waals surface area contributed by atoms with E-state index in [9.17, 15) is 8.78 Å². The van der Waals surface area contributed by atoms with Crippen molar-refractivity contribution in [2.75, 3.05) is 6.54 Å². The van der Waals surface area contributed by atoms with Crippen molar-refractivity contribution in [3.63, 3.8) is 0 Å². The molecule has 1 nitrogen and oxygen atoms in total. The number of rotatable bonds is 5. The Bertz CT molecular complexity index is 292. The summed E-state index contributed by atoms with van der Waals surface area (Å²) in [7, 11) is 0. The summed E-state index contributed by atoms with van der Waals surface area (Å²) in [5.41, 5.74) is 5.73. The SMILES string of the molecule is CCCC(CN)Cc1c(F)cccc1F. The molecule has 0 saturated carbocycles. The van der Waals surface area contributed by atoms with Crippen LogP contribution in [0.2, 0.25) is 0 Å². The van der Waals surface area contributed by atoms with Crippen LogP contribution in [0.15, 0.2) is 18.2 Å². The molecule has 0 spiro atoms. The summed E-state index contributed by atoms with van der Waals surface area (Å²) < 4.78 is 26.6. The van der Waals surface area contributed by atoms with E-state index in [0.717, 1.165) is 12.8 Å². The van der Waals surface area contributed by atoms with Gasteiger partial charge in [0.1, 0.15) is 11.6 Å². The molecule has 0 saturated heterocycles. The zero-order chi connectivity index (χ0) is 11.3. The Morgan fingerprint density at radius 2 is 1.87 bits per heavy atom. The van der Waals surface area contributed by atoms with Gasteiger partial charge in [-0.05, 0) is 37.4 Å². The fourth-order valence-electron chi connectivity index (χ4n) is 1.73. The average Bonchev–Trinajstić information content (AvgIpc) is 2.22. The van der Waals surface area contributed by atoms with Crippen LogP contribution in [-0.2, 0) is 6.42 Å². The summed E-state index contributed by atoms with van der Waals surface area (Å²) in [6.45, 7) is 2.52. The van der Waals surface area contributed by atoms with Gasteiger partial charge in [0.2, 0.25) is 0 Å². The van der Waals surface area contributed by atoms with Crippen LogP contribution in [0.5, 0.6) is 0 Å². The molecule has 1 atom stereocenters. The summed E-state index contributed by atoms with van der Waals surface area (Å²) >= 11 is 0. The van der Waals surface area contributed by atoms with Crippen molar-refractivity contribution in [2.45, 2.75) is 26.2 Å². The van der Waals surface area contributed by atoms with E-state index in [1.807, 2.05) is 6.92 Å². The molecular formula is C12H17F2N. The summed E-state index contributed by atoms with van der Waals surface area (Å²) in [5.74, 6) is -0.768. The van der Waals surface area contributed by atoms with Gasteiger partial charge >= 0.3 is 0 Å². The Hall–Kier alpha value is -0.960. The van der Waals surface area contributed by atoms with Gasteiger partial charge in [0.05, 0.1) is 0 Å². The van der Waals surface area contributed by atoms with Gasteiger partial charge in [-0.15, -0.1) is 0 Å². The molecule has 0 amide bonds. The molecule has 0 aromatic heterocycles. The summed E-state index contributed by atoms with van der Waals surface area (Å²) in [4.78, 5) is 0. The van der Waals surface area contributed by atoms with Crippen LogP contribution < -0.4 is 5.73 Å². The summed E-state index contributed by atoms with van der Waals surface area (Å²) in [5, 5.41) is 0. The van der Waals surface area contributed by atoms with Gasteiger partial charge in [-0.2, -0.15) is 0 Å². The third-order valence-electron chi connectivity index (χ3n) is 2.58. The third kappa shape index (κ3) is 3.27. The van der Waals surface area contributed by atoms with Crippen LogP contribution in [0.3, 0.4) is 0 Å². The highest BCUT2D eigenvalue weighted by Gasteiger charge is 2.13. The fraction of sp³-hybridized carbons (Fsp3) is 0.500. The van der Waals surface area contributed by atoms with Gasteiger partial charge in [-0.1, -0.05) is 19.4 Å². The minimum absolute atomic E-state index is 0.168. The Morgan fingerprint density at radius 1 is 1.27 bits per heavy atom. The van der Waals surface area contributed by atoms with E-state index < -0.39 is 11.6 Å². The Kier molecular flexibility index (Phi) is 4.69. The first-order valence-corrected chi connectivity index (χ1v) is 5.32. The highest BCUT2D eigenvalue weighted by Crippen LogP contribution is 2.18. The van der Waals surface area contributed by atoms with E-state index in [1.165, 1.54) is 18.2 Å². The van der Waals surface area contributed by atoms with Crippen LogP contribution >= 0.6 is 0 Å². The first kappa shape index (κ1) is 12.1. The monoisotopic (exact) mass is 213 g/mol. The Balaban J connectivity index is 2.78. The molecule has 1 unspecified atom stereocenters. The maximum atomic E-state index is 13.3. The predicted octanol–water partition coefficient (Wildman–Crippen LogP) is 2.88. The maximum Gasteiger partial charge on any atom is 0.129 e. The molecule has 0 bridgehead atoms. The molecule has 0 aliphatic heterocycles. The van der Waals surface area contributed by atoms with Gasteiger partial charge in [-0.3, -0.25) is 0 Å². The topological polar surface area (TPSA) is 26.0 Å². The first-order valence-electron chi connectivity index (χ1n) is 5.32. The maximum absolute atomic E-state index is 13.3. The lowest BCUT2D eigenvalue weighted by Gasteiger charge is -2.14. The second-order valence-electron chi connectivity index (χ2n) is 3.79. The zero-order valence-electron chi connectivity index (χ0n) is 8.97. The van der Waals surface area contributed by atoms with Crippen LogP contribution in [0, 0.1) is 17.6 Å². The van der Waals surface area contributed by atoms with Crippen molar-refractivity contribution < 1.29 is 8.78 Å². The molecule has 1 aromatic carbocycles. The van der Waals surface area contributed by atoms with Gasteiger partial charge in [0.25, 0.3) is 0 Å². The molecule has 15 heavy (non-hydrogen) atoms. The second-order valence-corrected chi connectivity index (χ2v) is 3.79. The fourth-order valence-corrected chi connectivity index (χ4v) is 1.73. The van der Waals surface area contributed by atoms with E-state index in [-0.39, 0.29) is 11.5 Å². The van der Waals surface area contributed by atoms with Crippen molar-refractivity contribution >= 4 is 0 Å². The first-order chi connectivity index (χ1) is 7.19. The second kappa shape index (κ2) is 5.81. The largest absolute Gasteiger partial charge is 0.330 e. The van der Waals surface area contributed by atoms with Crippen LogP contribution in [-0.4, -0.2) is 6.54 Å². The van der Waals surface area contributed by atoms with Crippen LogP contribution in [0.1, 0.15) is 25.3 Å². The summed E-state index contributed by atoms with van der Waals surface area (Å²) in [6.07, 6.45) is 2.28. The van der Waals surface area contributed by atoms with Crippen LogP contribution in [0.25, 0.3) is 0 Å². The third-order valence-corrected chi connectivity index (χ3v) is 2.58. The number of halogens is 2. The van der Waals surface area contributed by atoms with E-state index in [4.69, 9.17) is 5.73 Å². The van der Waals surface area contributed by atoms with Gasteiger partial charge in [0, 0.05) is 5.56 Å². The molecule has 0 aliphatic carbocycles. The molecule has 1 rings (SSSR count). The quantitative estimate of drug-likeness (QED) is 0.799. The lowest BCUT2D eigenvalue weighted by Crippen LogP contribution is -2.18. The van der Waals surface area contributed by atoms with Gasteiger partial charge < -0.3 is 5.73 Å². The van der Waals surface area contributed by atoms with Crippen molar-refractivity contribution in [1.82, 2.24) is 0 Å². The molecule has 2 N–H and O–H groups in total. The molecule has 0 fully saturated rings. The predicted molar refractivity (Wildman–Crippen MR) is 57.5 cm³/mol. The van der Waals surface area contributed by atoms with E-state index in [0.29, 0.717) is 13.0 Å². The summed E-state index contributed by atoms with van der Waals surface area (Å²) in [6, 6.07) is 3.96. The van der Waals surface area contributed by atoms with E-state index >= 15 is 0 Å². The highest BCUT2D eigenvalue weighted by molar-refractivity contribution is 5.20. The normalized spacial score (nSPS) is 12.8. The minimum atomic E-state index is -0.468. The Morgan fingerprint density at radius 3 is 2.33 bits per heavy atom. The van der Waals surface area contributed by atoms with Crippen molar-refractivity contribution in [3.8, 4) is 0 Å². The highest BCUT2D eigenvalue weighted by atomic mass is 19.1. The van der Waals surface area contributed by atoms with Crippen molar-refractivity contribution in [2.24, 2.45) is 11.7 Å². The minimum Gasteiger partial charge on any atom is -0.330 e. The molecule has 84 valence electrons. The lowest BCUT2D eigenvalue weighted by atomic mass is 9.94. The number of hydrogen-bond acceptors (Lipinski definition) is 1. The van der Waals surface area contributed by atoms with Gasteiger partial charge in [0.15, 0.2) is 0 Å². The van der Waals surface area contributed by atoms with Gasteiger partial charge in [-0.25, -0.2) is 8.78 Å². The zero-order valence-corrected chi connectivity index (χ0v) is 8.97. The molecular weight excluding hydrogens is 196 g/mol. The lowest BCUT2D eigenvalue weighted by molar-refractivity contribution is 0.457. The molecule has 0 heterocycles. The molecule has 3 heteroatoms. The molecule has 1 aromatic rings. The standard InChI is InChI=1S/C12H17F2N/c1-2-4-9(8-15)7-10-11(13)5-3-6-12(10)14/h3,5-6,9H,2,4,7-8,15H2,1H3. The molecule has 0 radical (unpaired) electrons. The average molecular weight is 213 g/mol. The smallest absolute Gasteiger partial charge is 0.129 e. The van der Waals surface area contributed by atoms with Crippen LogP contribution in [0.4, 0.5) is 8.78 Å².